The average molecular weight is 256 g/mol. The first-order valence-corrected chi connectivity index (χ1v) is 5.11. The lowest BCUT2D eigenvalue weighted by Crippen LogP contribution is -2.09. The van der Waals surface area contributed by atoms with E-state index in [1.807, 2.05) is 0 Å². The van der Waals surface area contributed by atoms with Crippen LogP contribution in [0, 0.1) is 10.8 Å². The lowest BCUT2D eigenvalue weighted by Gasteiger charge is -1.96. The van der Waals surface area contributed by atoms with Crippen LogP contribution in [-0.4, -0.2) is 26.0 Å². The Morgan fingerprint density at radius 3 is 2.62 bits per heavy atom. The highest BCUT2D eigenvalue weighted by Gasteiger charge is 2.12. The summed E-state index contributed by atoms with van der Waals surface area (Å²) in [7, 11) is 0. The van der Waals surface area contributed by atoms with E-state index in [9.17, 15) is 0 Å². The molecule has 0 aliphatic rings. The minimum atomic E-state index is 0.0395. The summed E-state index contributed by atoms with van der Waals surface area (Å²) in [5.41, 5.74) is 0.978. The largest absolute Gasteiger partial charge is 0.303 e. The molecule has 0 saturated heterocycles. The summed E-state index contributed by atoms with van der Waals surface area (Å²) in [4.78, 5) is 4.01. The zero-order valence-electron chi connectivity index (χ0n) is 8.25. The molecule has 0 aromatic carbocycles. The number of halogens is 2. The number of aromatic nitrogens is 3. The maximum absolute atomic E-state index is 7.64. The molecule has 0 spiro atoms. The normalized spacial score (nSPS) is 10.7. The van der Waals surface area contributed by atoms with Gasteiger partial charge >= 0.3 is 0 Å². The Morgan fingerprint density at radius 1 is 1.31 bits per heavy atom. The molecule has 0 saturated carbocycles. The van der Waals surface area contributed by atoms with E-state index in [2.05, 4.69) is 10.1 Å². The Kier molecular flexibility index (Phi) is 2.65. The number of fused-ring (bicyclic) bond motifs is 1. The first kappa shape index (κ1) is 11.0. The number of hydrogen-bond donors (Lipinski definition) is 2. The molecule has 0 unspecified atom stereocenters. The number of nitrogens with one attached hydrogen (secondary N) is 2. The van der Waals surface area contributed by atoms with Crippen LogP contribution >= 0.6 is 23.2 Å². The van der Waals surface area contributed by atoms with Gasteiger partial charge in [0.2, 0.25) is 0 Å². The molecule has 0 fully saturated rings. The molecule has 0 atom stereocenters. The molecule has 2 aromatic rings. The van der Waals surface area contributed by atoms with E-state index in [4.69, 9.17) is 34.0 Å². The van der Waals surface area contributed by atoms with E-state index in [0.29, 0.717) is 16.5 Å². The maximum atomic E-state index is 7.64. The minimum Gasteiger partial charge on any atom is -0.303 e. The minimum absolute atomic E-state index is 0.0395. The summed E-state index contributed by atoms with van der Waals surface area (Å²) in [5.74, 6) is 0. The smallest absolute Gasteiger partial charge is 0.159 e. The fourth-order valence-corrected chi connectivity index (χ4v) is 1.70. The van der Waals surface area contributed by atoms with Crippen molar-refractivity contribution < 1.29 is 0 Å². The second kappa shape index (κ2) is 3.84. The zero-order valence-corrected chi connectivity index (χ0v) is 9.76. The highest BCUT2D eigenvalue weighted by Crippen LogP contribution is 2.17. The van der Waals surface area contributed by atoms with Gasteiger partial charge in [-0.25, -0.2) is 9.50 Å². The van der Waals surface area contributed by atoms with Gasteiger partial charge in [-0.15, -0.1) is 0 Å². The zero-order chi connectivity index (χ0) is 11.9. The molecule has 2 N–H and O–H groups in total. The SMILES string of the molecule is CC(=N)C(=N)c1cc2nc(Cl)cc(Cl)n2n1. The van der Waals surface area contributed by atoms with Gasteiger partial charge < -0.3 is 5.41 Å². The molecular weight excluding hydrogens is 249 g/mol. The summed E-state index contributed by atoms with van der Waals surface area (Å²) >= 11 is 11.7. The standard InChI is InChI=1S/C9H7Cl2N5/c1-4(12)9(13)5-2-8-14-6(10)3-7(11)16(8)15-5/h2-3,12-13H,1H3. The fourth-order valence-electron chi connectivity index (χ4n) is 1.22. The quantitative estimate of drug-likeness (QED) is 0.639. The topological polar surface area (TPSA) is 77.9 Å². The monoisotopic (exact) mass is 255 g/mol. The number of rotatable bonds is 2. The molecule has 2 rings (SSSR count). The van der Waals surface area contributed by atoms with Gasteiger partial charge in [-0.2, -0.15) is 5.10 Å². The molecule has 2 heterocycles. The van der Waals surface area contributed by atoms with Crippen molar-refractivity contribution in [3.8, 4) is 0 Å². The summed E-state index contributed by atoms with van der Waals surface area (Å²) in [6, 6.07) is 3.03. The van der Waals surface area contributed by atoms with Crippen molar-refractivity contribution in [3.63, 3.8) is 0 Å². The van der Waals surface area contributed by atoms with Gasteiger partial charge in [0.15, 0.2) is 5.65 Å². The van der Waals surface area contributed by atoms with E-state index in [1.165, 1.54) is 17.5 Å². The Morgan fingerprint density at radius 2 is 2.00 bits per heavy atom. The van der Waals surface area contributed by atoms with Crippen LogP contribution in [0.4, 0.5) is 0 Å². The van der Waals surface area contributed by atoms with Crippen molar-refractivity contribution in [1.29, 1.82) is 10.8 Å². The van der Waals surface area contributed by atoms with E-state index >= 15 is 0 Å². The average Bonchev–Trinajstić information content (AvgIpc) is 2.60. The van der Waals surface area contributed by atoms with Crippen molar-refractivity contribution in [2.24, 2.45) is 0 Å². The van der Waals surface area contributed by atoms with Gasteiger partial charge in [0.05, 0.1) is 5.71 Å². The van der Waals surface area contributed by atoms with Gasteiger partial charge in [0.25, 0.3) is 0 Å². The van der Waals surface area contributed by atoms with Gasteiger partial charge in [-0.05, 0) is 6.92 Å². The van der Waals surface area contributed by atoms with E-state index < -0.39 is 0 Å². The van der Waals surface area contributed by atoms with E-state index in [-0.39, 0.29) is 16.6 Å². The molecule has 5 nitrogen and oxygen atoms in total. The molecule has 82 valence electrons. The van der Waals surface area contributed by atoms with Crippen molar-refractivity contribution in [1.82, 2.24) is 14.6 Å². The van der Waals surface area contributed by atoms with Crippen LogP contribution in [0.5, 0.6) is 0 Å². The molecule has 0 radical (unpaired) electrons. The van der Waals surface area contributed by atoms with Crippen LogP contribution in [0.1, 0.15) is 12.6 Å². The van der Waals surface area contributed by atoms with Gasteiger partial charge in [-0.1, -0.05) is 23.2 Å². The highest BCUT2D eigenvalue weighted by atomic mass is 35.5. The lowest BCUT2D eigenvalue weighted by atomic mass is 10.2. The van der Waals surface area contributed by atoms with Gasteiger partial charge in [-0.3, -0.25) is 5.41 Å². The Bertz CT molecular complexity index is 601. The molecule has 0 aliphatic heterocycles. The van der Waals surface area contributed by atoms with Crippen LogP contribution in [0.15, 0.2) is 12.1 Å². The molecule has 0 amide bonds. The van der Waals surface area contributed by atoms with Crippen LogP contribution in [-0.2, 0) is 0 Å². The van der Waals surface area contributed by atoms with E-state index in [1.54, 1.807) is 6.07 Å². The number of nitrogens with zero attached hydrogens (tertiary/aromatic N) is 3. The second-order valence-electron chi connectivity index (χ2n) is 3.20. The molecule has 2 aromatic heterocycles. The van der Waals surface area contributed by atoms with Gasteiger partial charge in [0.1, 0.15) is 21.7 Å². The summed E-state index contributed by atoms with van der Waals surface area (Å²) in [6.45, 7) is 1.52. The molecule has 0 aliphatic carbocycles. The first-order chi connectivity index (χ1) is 7.49. The molecular formula is C9H7Cl2N5. The predicted octanol–water partition coefficient (Wildman–Crippen LogP) is 2.44. The summed E-state index contributed by atoms with van der Waals surface area (Å²) in [6.07, 6.45) is 0. The maximum Gasteiger partial charge on any atom is 0.159 e. The Balaban J connectivity index is 2.65. The molecule has 7 heteroatoms. The third-order valence-electron chi connectivity index (χ3n) is 1.98. The van der Waals surface area contributed by atoms with Crippen LogP contribution in [0.25, 0.3) is 5.65 Å². The third kappa shape index (κ3) is 1.79. The fraction of sp³-hybridized carbons (Fsp3) is 0.111. The first-order valence-electron chi connectivity index (χ1n) is 4.35. The Labute approximate surface area is 101 Å². The second-order valence-corrected chi connectivity index (χ2v) is 3.98. The van der Waals surface area contributed by atoms with Crippen molar-refractivity contribution >= 4 is 40.3 Å². The lowest BCUT2D eigenvalue weighted by molar-refractivity contribution is 0.934. The summed E-state index contributed by atoms with van der Waals surface area (Å²) in [5, 5.41) is 19.6. The molecule has 0 bridgehead atoms. The predicted molar refractivity (Wildman–Crippen MR) is 63.2 cm³/mol. The third-order valence-corrected chi connectivity index (χ3v) is 2.45. The van der Waals surface area contributed by atoms with E-state index in [0.717, 1.165) is 0 Å². The van der Waals surface area contributed by atoms with Crippen LogP contribution in [0.2, 0.25) is 10.3 Å². The Hall–Kier alpha value is -1.46. The van der Waals surface area contributed by atoms with Gasteiger partial charge in [0, 0.05) is 12.1 Å². The van der Waals surface area contributed by atoms with Crippen molar-refractivity contribution in [3.05, 3.63) is 28.1 Å². The highest BCUT2D eigenvalue weighted by molar-refractivity contribution is 6.45. The summed E-state index contributed by atoms with van der Waals surface area (Å²) < 4.78 is 1.38. The number of hydrogen-bond acceptors (Lipinski definition) is 4. The molecule has 16 heavy (non-hydrogen) atoms. The van der Waals surface area contributed by atoms with Crippen molar-refractivity contribution in [2.45, 2.75) is 6.92 Å². The van der Waals surface area contributed by atoms with Crippen LogP contribution in [0.3, 0.4) is 0 Å². The van der Waals surface area contributed by atoms with Crippen LogP contribution < -0.4 is 0 Å². The van der Waals surface area contributed by atoms with Crippen molar-refractivity contribution in [2.75, 3.05) is 0 Å².